The monoisotopic (exact) mass is 223 g/mol. The Morgan fingerprint density at radius 3 is 2.75 bits per heavy atom. The van der Waals surface area contributed by atoms with Crippen molar-refractivity contribution in [3.05, 3.63) is 41.0 Å². The summed E-state index contributed by atoms with van der Waals surface area (Å²) in [4.78, 5) is 0.0956. The first-order valence-electron chi connectivity index (χ1n) is 4.25. The highest BCUT2D eigenvalue weighted by atomic mass is 19.1. The second-order valence-corrected chi connectivity index (χ2v) is 2.92. The number of hydrogen-bond donors (Lipinski definition) is 1. The van der Waals surface area contributed by atoms with Crippen molar-refractivity contribution in [2.24, 2.45) is 5.16 Å². The molecule has 6 nitrogen and oxygen atoms in total. The first kappa shape index (κ1) is 10.1. The van der Waals surface area contributed by atoms with Crippen LogP contribution in [0.5, 0.6) is 0 Å². The molecule has 0 atom stereocenters. The van der Waals surface area contributed by atoms with Crippen LogP contribution in [0.3, 0.4) is 0 Å². The molecule has 0 aliphatic rings. The van der Waals surface area contributed by atoms with Gasteiger partial charge in [-0.15, -0.1) is 0 Å². The molecule has 0 spiro atoms. The summed E-state index contributed by atoms with van der Waals surface area (Å²) in [6, 6.07) is 5.31. The molecular formula is C9H6FN3O3. The second kappa shape index (κ2) is 3.97. The van der Waals surface area contributed by atoms with Gasteiger partial charge in [0.2, 0.25) is 5.69 Å². The van der Waals surface area contributed by atoms with Crippen LogP contribution in [-0.4, -0.2) is 16.6 Å². The van der Waals surface area contributed by atoms with Crippen molar-refractivity contribution >= 4 is 6.21 Å². The number of nitrogens with zero attached hydrogens (tertiary/aromatic N) is 3. The molecule has 0 aliphatic carbocycles. The van der Waals surface area contributed by atoms with Crippen molar-refractivity contribution in [3.8, 4) is 11.3 Å². The summed E-state index contributed by atoms with van der Waals surface area (Å²) in [7, 11) is 0. The van der Waals surface area contributed by atoms with Crippen molar-refractivity contribution in [2.45, 2.75) is 0 Å². The van der Waals surface area contributed by atoms with Gasteiger partial charge in [0.15, 0.2) is 0 Å². The molecule has 0 unspecified atom stereocenters. The minimum Gasteiger partial charge on any atom is -0.411 e. The van der Waals surface area contributed by atoms with E-state index in [0.29, 0.717) is 5.56 Å². The van der Waals surface area contributed by atoms with E-state index < -0.39 is 5.82 Å². The highest BCUT2D eigenvalue weighted by Gasteiger charge is 2.19. The molecule has 2 rings (SSSR count). The standard InChI is InChI=1S/C9H6FN3O3/c10-7-3-1-6(2-4-7)9-8(5-11-14)13(15)16-12-9/h1-5,14H/b11-5+. The maximum atomic E-state index is 12.7. The van der Waals surface area contributed by atoms with Crippen molar-refractivity contribution in [1.29, 1.82) is 0 Å². The Morgan fingerprint density at radius 1 is 1.44 bits per heavy atom. The lowest BCUT2D eigenvalue weighted by molar-refractivity contribution is -0.803. The number of oxime groups is 1. The van der Waals surface area contributed by atoms with E-state index in [4.69, 9.17) is 5.21 Å². The first-order valence-corrected chi connectivity index (χ1v) is 4.25. The van der Waals surface area contributed by atoms with Crippen LogP contribution in [0.4, 0.5) is 4.39 Å². The molecule has 0 amide bonds. The van der Waals surface area contributed by atoms with Crippen molar-refractivity contribution < 1.29 is 19.1 Å². The Labute approximate surface area is 88.8 Å². The molecule has 2 aromatic rings. The molecule has 16 heavy (non-hydrogen) atoms. The van der Waals surface area contributed by atoms with E-state index in [0.717, 1.165) is 6.21 Å². The Hall–Kier alpha value is -2.44. The zero-order valence-electron chi connectivity index (χ0n) is 7.87. The maximum Gasteiger partial charge on any atom is 0.257 e. The van der Waals surface area contributed by atoms with Gasteiger partial charge in [-0.05, 0) is 29.2 Å². The first-order chi connectivity index (χ1) is 7.72. The van der Waals surface area contributed by atoms with Crippen molar-refractivity contribution in [2.75, 3.05) is 0 Å². The molecule has 0 fully saturated rings. The van der Waals surface area contributed by atoms with Gasteiger partial charge >= 0.3 is 0 Å². The average molecular weight is 223 g/mol. The molecule has 1 N–H and O–H groups in total. The molecule has 0 radical (unpaired) electrons. The molecule has 0 aliphatic heterocycles. The van der Waals surface area contributed by atoms with Crippen molar-refractivity contribution in [3.63, 3.8) is 0 Å². The van der Waals surface area contributed by atoms with Crippen molar-refractivity contribution in [1.82, 2.24) is 5.16 Å². The highest BCUT2D eigenvalue weighted by molar-refractivity contribution is 5.83. The van der Waals surface area contributed by atoms with Gasteiger partial charge in [-0.3, -0.25) is 4.63 Å². The van der Waals surface area contributed by atoms with Gasteiger partial charge in [0.25, 0.3) is 5.69 Å². The van der Waals surface area contributed by atoms with E-state index in [1.54, 1.807) is 0 Å². The van der Waals surface area contributed by atoms with E-state index in [1.165, 1.54) is 24.3 Å². The molecule has 1 aromatic carbocycles. The minimum absolute atomic E-state index is 0.0610. The summed E-state index contributed by atoms with van der Waals surface area (Å²) >= 11 is 0. The molecular weight excluding hydrogens is 217 g/mol. The van der Waals surface area contributed by atoms with Gasteiger partial charge in [-0.1, -0.05) is 5.16 Å². The van der Waals surface area contributed by atoms with E-state index >= 15 is 0 Å². The second-order valence-electron chi connectivity index (χ2n) is 2.92. The molecule has 0 saturated carbocycles. The van der Waals surface area contributed by atoms with E-state index in [2.05, 4.69) is 14.9 Å². The van der Waals surface area contributed by atoms with Gasteiger partial charge < -0.3 is 10.4 Å². The van der Waals surface area contributed by atoms with Gasteiger partial charge in [0, 0.05) is 10.7 Å². The van der Waals surface area contributed by atoms with E-state index in [9.17, 15) is 9.60 Å². The zero-order valence-corrected chi connectivity index (χ0v) is 7.87. The highest BCUT2D eigenvalue weighted by Crippen LogP contribution is 2.18. The molecule has 0 saturated heterocycles. The summed E-state index contributed by atoms with van der Waals surface area (Å²) in [5.41, 5.74) is 0.594. The van der Waals surface area contributed by atoms with Crippen LogP contribution in [0.15, 0.2) is 34.1 Å². The largest absolute Gasteiger partial charge is 0.411 e. The minimum atomic E-state index is -0.403. The third kappa shape index (κ3) is 1.70. The fourth-order valence-corrected chi connectivity index (χ4v) is 1.23. The van der Waals surface area contributed by atoms with Crippen LogP contribution in [0.1, 0.15) is 5.69 Å². The number of hydrogen-bond acceptors (Lipinski definition) is 5. The van der Waals surface area contributed by atoms with E-state index in [1.807, 2.05) is 0 Å². The topological polar surface area (TPSA) is 85.6 Å². The fourth-order valence-electron chi connectivity index (χ4n) is 1.23. The number of rotatable bonds is 2. The molecule has 1 heterocycles. The van der Waals surface area contributed by atoms with Crippen LogP contribution in [0, 0.1) is 11.0 Å². The SMILES string of the molecule is [O-][n+]1onc(-c2ccc(F)cc2)c1/C=N/O. The van der Waals surface area contributed by atoms with E-state index in [-0.39, 0.29) is 16.3 Å². The molecule has 0 bridgehead atoms. The summed E-state index contributed by atoms with van der Waals surface area (Å²) in [6.07, 6.45) is 0.891. The molecule has 1 aromatic heterocycles. The van der Waals surface area contributed by atoms with Crippen LogP contribution in [0.2, 0.25) is 0 Å². The Morgan fingerprint density at radius 2 is 2.12 bits per heavy atom. The lowest BCUT2D eigenvalue weighted by Gasteiger charge is -1.92. The third-order valence-corrected chi connectivity index (χ3v) is 1.94. The smallest absolute Gasteiger partial charge is 0.257 e. The summed E-state index contributed by atoms with van der Waals surface area (Å²) in [6.45, 7) is 0. The maximum absolute atomic E-state index is 12.7. The molecule has 7 heteroatoms. The van der Waals surface area contributed by atoms with Gasteiger partial charge in [-0.25, -0.2) is 4.39 Å². The summed E-state index contributed by atoms with van der Waals surface area (Å²) < 4.78 is 17.0. The quantitative estimate of drug-likeness (QED) is 0.355. The van der Waals surface area contributed by atoms with Crippen LogP contribution in [-0.2, 0) is 0 Å². The van der Waals surface area contributed by atoms with Crippen LogP contribution >= 0.6 is 0 Å². The Balaban J connectivity index is 2.51. The number of halogens is 1. The fraction of sp³-hybridized carbons (Fsp3) is 0. The van der Waals surface area contributed by atoms with Gasteiger partial charge in [0.05, 0.1) is 0 Å². The van der Waals surface area contributed by atoms with Crippen LogP contribution in [0.25, 0.3) is 11.3 Å². The predicted molar refractivity (Wildman–Crippen MR) is 50.2 cm³/mol. The lowest BCUT2D eigenvalue weighted by Crippen LogP contribution is -2.27. The summed E-state index contributed by atoms with van der Waals surface area (Å²) in [5.74, 6) is -0.403. The number of benzene rings is 1. The average Bonchev–Trinajstić information content (AvgIpc) is 2.63. The van der Waals surface area contributed by atoms with Gasteiger partial charge in [-0.2, -0.15) is 0 Å². The molecule has 82 valence electrons. The summed E-state index contributed by atoms with van der Waals surface area (Å²) in [5, 5.41) is 25.7. The predicted octanol–water partition coefficient (Wildman–Crippen LogP) is 0.922. The normalized spacial score (nSPS) is 11.1. The lowest BCUT2D eigenvalue weighted by atomic mass is 10.1. The Kier molecular flexibility index (Phi) is 2.50. The van der Waals surface area contributed by atoms with Crippen LogP contribution < -0.4 is 4.90 Å². The van der Waals surface area contributed by atoms with Gasteiger partial charge in [0.1, 0.15) is 12.0 Å². The zero-order chi connectivity index (χ0) is 11.5. The number of aromatic nitrogens is 2. The Bertz CT molecular complexity index is 521. The third-order valence-electron chi connectivity index (χ3n) is 1.94.